The Kier molecular flexibility index (Phi) is 4.96. The molecule has 1 rings (SSSR count). The lowest BCUT2D eigenvalue weighted by Gasteiger charge is -2.07. The summed E-state index contributed by atoms with van der Waals surface area (Å²) in [6.07, 6.45) is 1.24. The van der Waals surface area contributed by atoms with E-state index in [9.17, 15) is 0 Å². The first-order chi connectivity index (χ1) is 6.63. The third-order valence-corrected chi connectivity index (χ3v) is 4.31. The molecule has 1 aromatic heterocycles. The van der Waals surface area contributed by atoms with Gasteiger partial charge in [-0.2, -0.15) is 0 Å². The summed E-state index contributed by atoms with van der Waals surface area (Å²) in [5.74, 6) is 1.93. The predicted octanol–water partition coefficient (Wildman–Crippen LogP) is 4.29. The molecule has 0 amide bonds. The van der Waals surface area contributed by atoms with Crippen molar-refractivity contribution < 1.29 is 0 Å². The summed E-state index contributed by atoms with van der Waals surface area (Å²) >= 11 is 5.30. The maximum absolute atomic E-state index is 4.50. The highest BCUT2D eigenvalue weighted by molar-refractivity contribution is 9.10. The highest BCUT2D eigenvalue weighted by atomic mass is 79.9. The van der Waals surface area contributed by atoms with E-state index in [4.69, 9.17) is 0 Å². The topological polar surface area (TPSA) is 12.9 Å². The molecule has 0 aliphatic heterocycles. The normalized spacial score (nSPS) is 12.9. The molecular formula is C11H16BrNS. The van der Waals surface area contributed by atoms with Crippen molar-refractivity contribution in [3.63, 3.8) is 0 Å². The van der Waals surface area contributed by atoms with Gasteiger partial charge in [-0.15, -0.1) is 11.8 Å². The molecule has 0 radical (unpaired) electrons. The van der Waals surface area contributed by atoms with Gasteiger partial charge in [0, 0.05) is 10.2 Å². The van der Waals surface area contributed by atoms with E-state index in [1.807, 2.05) is 18.7 Å². The van der Waals surface area contributed by atoms with Crippen molar-refractivity contribution in [3.8, 4) is 0 Å². The van der Waals surface area contributed by atoms with Gasteiger partial charge in [0.1, 0.15) is 0 Å². The van der Waals surface area contributed by atoms with Gasteiger partial charge in [-0.1, -0.05) is 20.3 Å². The van der Waals surface area contributed by atoms with Crippen LogP contribution >= 0.6 is 27.7 Å². The highest BCUT2D eigenvalue weighted by Crippen LogP contribution is 2.23. The van der Waals surface area contributed by atoms with Gasteiger partial charge in [-0.25, -0.2) is 4.98 Å². The molecule has 1 aromatic rings. The Hall–Kier alpha value is -0.0200. The maximum Gasteiger partial charge on any atom is 0.0963 e. The Bertz CT molecular complexity index is 301. The molecule has 1 heterocycles. The summed E-state index contributed by atoms with van der Waals surface area (Å²) in [5.41, 5.74) is 1.07. The van der Waals surface area contributed by atoms with Gasteiger partial charge in [0.05, 0.1) is 10.7 Å². The molecule has 1 unspecified atom stereocenters. The molecule has 0 bridgehead atoms. The first-order valence-corrected chi connectivity index (χ1v) is 6.67. The molecule has 1 atom stereocenters. The Morgan fingerprint density at radius 1 is 1.50 bits per heavy atom. The van der Waals surface area contributed by atoms with Crippen LogP contribution in [0, 0.1) is 12.8 Å². The van der Waals surface area contributed by atoms with E-state index < -0.39 is 0 Å². The minimum Gasteiger partial charge on any atom is -0.246 e. The van der Waals surface area contributed by atoms with Gasteiger partial charge in [-0.3, -0.25) is 0 Å². The third-order valence-electron chi connectivity index (χ3n) is 2.21. The zero-order valence-electron chi connectivity index (χ0n) is 8.88. The first kappa shape index (κ1) is 12.1. The zero-order chi connectivity index (χ0) is 10.6. The Morgan fingerprint density at radius 2 is 2.21 bits per heavy atom. The largest absolute Gasteiger partial charge is 0.246 e. The Labute approximate surface area is 98.8 Å². The van der Waals surface area contributed by atoms with Crippen molar-refractivity contribution in [2.24, 2.45) is 5.92 Å². The maximum atomic E-state index is 4.50. The molecule has 0 aliphatic rings. The van der Waals surface area contributed by atoms with Crippen LogP contribution in [0.2, 0.25) is 0 Å². The number of aryl methyl sites for hydroxylation is 1. The van der Waals surface area contributed by atoms with E-state index in [2.05, 4.69) is 46.9 Å². The monoisotopic (exact) mass is 273 g/mol. The highest BCUT2D eigenvalue weighted by Gasteiger charge is 2.03. The minimum atomic E-state index is 0.769. The van der Waals surface area contributed by atoms with E-state index in [-0.39, 0.29) is 0 Å². The molecule has 0 spiro atoms. The van der Waals surface area contributed by atoms with E-state index in [0.717, 1.165) is 26.9 Å². The standard InChI is InChI=1S/C11H16BrNS/c1-4-8(2)7-14-11-6-5-10(12)9(3)13-11/h5-6,8H,4,7H2,1-3H3. The number of rotatable bonds is 4. The van der Waals surface area contributed by atoms with Crippen LogP contribution in [-0.4, -0.2) is 10.7 Å². The fourth-order valence-electron chi connectivity index (χ4n) is 0.947. The fraction of sp³-hybridized carbons (Fsp3) is 0.545. The van der Waals surface area contributed by atoms with Gasteiger partial charge in [0.25, 0.3) is 0 Å². The van der Waals surface area contributed by atoms with Crippen LogP contribution in [0.25, 0.3) is 0 Å². The predicted molar refractivity (Wildman–Crippen MR) is 66.9 cm³/mol. The molecule has 3 heteroatoms. The van der Waals surface area contributed by atoms with Crippen molar-refractivity contribution in [1.29, 1.82) is 0 Å². The molecule has 0 aromatic carbocycles. The van der Waals surface area contributed by atoms with Gasteiger partial charge in [0.15, 0.2) is 0 Å². The molecule has 0 N–H and O–H groups in total. The van der Waals surface area contributed by atoms with Crippen molar-refractivity contribution in [2.75, 3.05) is 5.75 Å². The van der Waals surface area contributed by atoms with Crippen LogP contribution in [0.15, 0.2) is 21.6 Å². The van der Waals surface area contributed by atoms with Crippen molar-refractivity contribution in [1.82, 2.24) is 4.98 Å². The number of pyridine rings is 1. The number of nitrogens with zero attached hydrogens (tertiary/aromatic N) is 1. The quantitative estimate of drug-likeness (QED) is 0.760. The molecule has 1 nitrogen and oxygen atoms in total. The number of hydrogen-bond acceptors (Lipinski definition) is 2. The number of aromatic nitrogens is 1. The molecule has 0 saturated carbocycles. The lowest BCUT2D eigenvalue weighted by Crippen LogP contribution is -1.96. The van der Waals surface area contributed by atoms with E-state index in [1.54, 1.807) is 0 Å². The smallest absolute Gasteiger partial charge is 0.0963 e. The third kappa shape index (κ3) is 3.62. The fourth-order valence-corrected chi connectivity index (χ4v) is 2.22. The van der Waals surface area contributed by atoms with Gasteiger partial charge in [-0.05, 0) is 40.9 Å². The van der Waals surface area contributed by atoms with E-state index in [1.165, 1.54) is 6.42 Å². The lowest BCUT2D eigenvalue weighted by molar-refractivity contribution is 0.636. The lowest BCUT2D eigenvalue weighted by atomic mass is 10.2. The second-order valence-corrected chi connectivity index (χ2v) is 5.44. The van der Waals surface area contributed by atoms with Crippen molar-refractivity contribution in [3.05, 3.63) is 22.3 Å². The summed E-state index contributed by atoms with van der Waals surface area (Å²) in [4.78, 5) is 4.50. The summed E-state index contributed by atoms with van der Waals surface area (Å²) in [5, 5.41) is 1.13. The van der Waals surface area contributed by atoms with Gasteiger partial charge in [0.2, 0.25) is 0 Å². The number of halogens is 1. The van der Waals surface area contributed by atoms with Gasteiger partial charge < -0.3 is 0 Å². The molecular weight excluding hydrogens is 258 g/mol. The number of hydrogen-bond donors (Lipinski definition) is 0. The van der Waals surface area contributed by atoms with Crippen LogP contribution in [-0.2, 0) is 0 Å². The van der Waals surface area contributed by atoms with Crippen molar-refractivity contribution in [2.45, 2.75) is 32.2 Å². The summed E-state index contributed by atoms with van der Waals surface area (Å²) in [7, 11) is 0. The van der Waals surface area contributed by atoms with E-state index >= 15 is 0 Å². The average Bonchev–Trinajstić information content (AvgIpc) is 2.19. The molecule has 78 valence electrons. The summed E-state index contributed by atoms with van der Waals surface area (Å²) in [6.45, 7) is 6.53. The minimum absolute atomic E-state index is 0.769. The molecule has 14 heavy (non-hydrogen) atoms. The summed E-state index contributed by atoms with van der Waals surface area (Å²) < 4.78 is 1.09. The average molecular weight is 274 g/mol. The van der Waals surface area contributed by atoms with Crippen LogP contribution in [0.3, 0.4) is 0 Å². The van der Waals surface area contributed by atoms with E-state index in [0.29, 0.717) is 0 Å². The Balaban J connectivity index is 2.55. The zero-order valence-corrected chi connectivity index (χ0v) is 11.3. The number of thioether (sulfide) groups is 1. The van der Waals surface area contributed by atoms with Crippen molar-refractivity contribution >= 4 is 27.7 Å². The van der Waals surface area contributed by atoms with Crippen LogP contribution in [0.4, 0.5) is 0 Å². The van der Waals surface area contributed by atoms with Crippen LogP contribution in [0.5, 0.6) is 0 Å². The SMILES string of the molecule is CCC(C)CSc1ccc(Br)c(C)n1. The Morgan fingerprint density at radius 3 is 2.79 bits per heavy atom. The van der Waals surface area contributed by atoms with Gasteiger partial charge >= 0.3 is 0 Å². The van der Waals surface area contributed by atoms with Crippen LogP contribution < -0.4 is 0 Å². The second-order valence-electron chi connectivity index (χ2n) is 3.54. The molecule has 0 fully saturated rings. The molecule has 0 saturated heterocycles. The first-order valence-electron chi connectivity index (χ1n) is 4.89. The molecule has 0 aliphatic carbocycles. The second kappa shape index (κ2) is 5.76. The summed E-state index contributed by atoms with van der Waals surface area (Å²) in [6, 6.07) is 4.14. The van der Waals surface area contributed by atoms with Crippen LogP contribution in [0.1, 0.15) is 26.0 Å².